The maximum atomic E-state index is 12.6. The van der Waals surface area contributed by atoms with Gasteiger partial charge in [0, 0.05) is 0 Å². The Bertz CT molecular complexity index is 106. The SMILES string of the molecule is C[C@@H]1OC(F)(P)O[C@@H]1C. The summed E-state index contributed by atoms with van der Waals surface area (Å²) in [4.78, 5) is 0. The molecule has 1 rings (SSSR count). The number of hydrogen-bond donors (Lipinski definition) is 0. The Kier molecular flexibility index (Phi) is 1.77. The van der Waals surface area contributed by atoms with Gasteiger partial charge >= 0.3 is 5.78 Å². The van der Waals surface area contributed by atoms with Crippen LogP contribution in [0.3, 0.4) is 0 Å². The summed E-state index contributed by atoms with van der Waals surface area (Å²) >= 11 is 0. The van der Waals surface area contributed by atoms with Crippen LogP contribution in [0.15, 0.2) is 0 Å². The first-order valence-electron chi connectivity index (χ1n) is 2.85. The lowest BCUT2D eigenvalue weighted by Crippen LogP contribution is -2.13. The number of rotatable bonds is 0. The van der Waals surface area contributed by atoms with Crippen LogP contribution in [0, 0.1) is 0 Å². The Morgan fingerprint density at radius 3 is 1.78 bits per heavy atom. The second-order valence-corrected chi connectivity index (χ2v) is 2.92. The summed E-state index contributed by atoms with van der Waals surface area (Å²) in [6.07, 6.45) is -0.319. The van der Waals surface area contributed by atoms with Gasteiger partial charge in [0.2, 0.25) is 0 Å². The van der Waals surface area contributed by atoms with E-state index in [0.717, 1.165) is 0 Å². The van der Waals surface area contributed by atoms with Crippen LogP contribution >= 0.6 is 9.24 Å². The van der Waals surface area contributed by atoms with Crippen molar-refractivity contribution < 1.29 is 13.9 Å². The fourth-order valence-electron chi connectivity index (χ4n) is 0.726. The van der Waals surface area contributed by atoms with Gasteiger partial charge in [0.25, 0.3) is 0 Å². The van der Waals surface area contributed by atoms with E-state index in [1.54, 1.807) is 13.8 Å². The van der Waals surface area contributed by atoms with Crippen molar-refractivity contribution in [1.29, 1.82) is 0 Å². The van der Waals surface area contributed by atoms with Crippen LogP contribution in [-0.4, -0.2) is 18.0 Å². The molecule has 1 aliphatic rings. The lowest BCUT2D eigenvalue weighted by molar-refractivity contribution is -0.189. The van der Waals surface area contributed by atoms with E-state index in [-0.39, 0.29) is 12.2 Å². The highest BCUT2D eigenvalue weighted by atomic mass is 31.0. The summed E-state index contributed by atoms with van der Waals surface area (Å²) in [5, 5.41) is 0. The first kappa shape index (κ1) is 7.39. The zero-order valence-electron chi connectivity index (χ0n) is 5.43. The normalized spacial score (nSPS) is 52.0. The molecule has 1 saturated heterocycles. The summed E-state index contributed by atoms with van der Waals surface area (Å²) in [6, 6.07) is 0. The van der Waals surface area contributed by atoms with Crippen LogP contribution in [0.2, 0.25) is 0 Å². The summed E-state index contributed by atoms with van der Waals surface area (Å²) in [7, 11) is 1.87. The first-order valence-corrected chi connectivity index (χ1v) is 3.42. The summed E-state index contributed by atoms with van der Waals surface area (Å²) in [6.45, 7) is 3.55. The maximum absolute atomic E-state index is 12.6. The van der Waals surface area contributed by atoms with Crippen LogP contribution < -0.4 is 0 Å². The number of halogens is 1. The van der Waals surface area contributed by atoms with Crippen LogP contribution in [0.4, 0.5) is 4.39 Å². The van der Waals surface area contributed by atoms with E-state index >= 15 is 0 Å². The lowest BCUT2D eigenvalue weighted by atomic mass is 10.3. The number of ether oxygens (including phenoxy) is 2. The molecule has 0 aromatic rings. The van der Waals surface area contributed by atoms with E-state index < -0.39 is 5.78 Å². The molecule has 0 amide bonds. The van der Waals surface area contributed by atoms with Crippen LogP contribution in [0.1, 0.15) is 13.8 Å². The Hall–Kier alpha value is 0.280. The maximum Gasteiger partial charge on any atom is 0.332 e. The van der Waals surface area contributed by atoms with E-state index in [0.29, 0.717) is 0 Å². The monoisotopic (exact) mass is 152 g/mol. The molecule has 1 heterocycles. The van der Waals surface area contributed by atoms with Crippen molar-refractivity contribution in [2.45, 2.75) is 31.8 Å². The average molecular weight is 152 g/mol. The zero-order valence-corrected chi connectivity index (χ0v) is 6.58. The predicted molar refractivity (Wildman–Crippen MR) is 34.6 cm³/mol. The molecule has 2 nitrogen and oxygen atoms in total. The molecule has 0 aliphatic carbocycles. The van der Waals surface area contributed by atoms with Crippen LogP contribution in [0.25, 0.3) is 0 Å². The molecule has 0 spiro atoms. The molecular weight excluding hydrogens is 142 g/mol. The van der Waals surface area contributed by atoms with Gasteiger partial charge in [0.1, 0.15) is 0 Å². The van der Waals surface area contributed by atoms with E-state index in [9.17, 15) is 4.39 Å². The van der Waals surface area contributed by atoms with Crippen molar-refractivity contribution in [2.75, 3.05) is 0 Å². The molecule has 0 aromatic carbocycles. The fraction of sp³-hybridized carbons (Fsp3) is 1.00. The first-order chi connectivity index (χ1) is 4.01. The highest BCUT2D eigenvalue weighted by molar-refractivity contribution is 7.17. The topological polar surface area (TPSA) is 18.5 Å². The molecule has 9 heavy (non-hydrogen) atoms. The van der Waals surface area contributed by atoms with Crippen molar-refractivity contribution >= 4 is 9.24 Å². The minimum atomic E-state index is -1.95. The van der Waals surface area contributed by atoms with E-state index in [1.807, 2.05) is 9.24 Å². The van der Waals surface area contributed by atoms with Gasteiger partial charge in [-0.25, -0.2) is 0 Å². The van der Waals surface area contributed by atoms with E-state index in [2.05, 4.69) is 0 Å². The largest absolute Gasteiger partial charge is 0.332 e. The highest BCUT2D eigenvalue weighted by Gasteiger charge is 2.40. The standard InChI is InChI=1S/C5H10FO2P/c1-3-4(2)8-5(6,9)7-3/h3-4H,9H2,1-2H3/t3-,4+,5?. The Morgan fingerprint density at radius 1 is 1.33 bits per heavy atom. The fourth-order valence-corrected chi connectivity index (χ4v) is 1.16. The van der Waals surface area contributed by atoms with Gasteiger partial charge in [-0.2, -0.15) is 4.39 Å². The van der Waals surface area contributed by atoms with Gasteiger partial charge in [0.05, 0.1) is 12.2 Å². The molecule has 0 bridgehead atoms. The third-order valence-corrected chi connectivity index (χ3v) is 1.63. The molecule has 4 atom stereocenters. The van der Waals surface area contributed by atoms with E-state index in [4.69, 9.17) is 9.47 Å². The summed E-state index contributed by atoms with van der Waals surface area (Å²) in [5.74, 6) is -1.95. The van der Waals surface area contributed by atoms with Crippen molar-refractivity contribution in [2.24, 2.45) is 0 Å². The Labute approximate surface area is 55.9 Å². The molecule has 0 N–H and O–H groups in total. The number of hydrogen-bond acceptors (Lipinski definition) is 2. The summed E-state index contributed by atoms with van der Waals surface area (Å²) in [5.41, 5.74) is 0. The van der Waals surface area contributed by atoms with Crippen LogP contribution in [0.5, 0.6) is 0 Å². The number of alkyl halides is 1. The predicted octanol–water partition coefficient (Wildman–Crippen LogP) is 1.27. The molecule has 1 aliphatic heterocycles. The second-order valence-electron chi connectivity index (χ2n) is 2.23. The minimum Gasteiger partial charge on any atom is -0.315 e. The third-order valence-electron chi connectivity index (χ3n) is 1.35. The second kappa shape index (κ2) is 2.15. The Balaban J connectivity index is 2.54. The molecule has 54 valence electrons. The minimum absolute atomic E-state index is 0.160. The van der Waals surface area contributed by atoms with Gasteiger partial charge < -0.3 is 9.47 Å². The molecule has 0 radical (unpaired) electrons. The Morgan fingerprint density at radius 2 is 1.67 bits per heavy atom. The van der Waals surface area contributed by atoms with Gasteiger partial charge in [-0.15, -0.1) is 0 Å². The van der Waals surface area contributed by atoms with Crippen LogP contribution in [-0.2, 0) is 9.47 Å². The van der Waals surface area contributed by atoms with E-state index in [1.165, 1.54) is 0 Å². The molecule has 1 fully saturated rings. The average Bonchev–Trinajstić information content (AvgIpc) is 1.79. The third kappa shape index (κ3) is 1.60. The van der Waals surface area contributed by atoms with Gasteiger partial charge in [-0.05, 0) is 23.1 Å². The molecule has 2 unspecified atom stereocenters. The highest BCUT2D eigenvalue weighted by Crippen LogP contribution is 2.34. The van der Waals surface area contributed by atoms with Crippen molar-refractivity contribution in [1.82, 2.24) is 0 Å². The molecule has 0 aromatic heterocycles. The van der Waals surface area contributed by atoms with Crippen molar-refractivity contribution in [3.63, 3.8) is 0 Å². The molecule has 0 saturated carbocycles. The lowest BCUT2D eigenvalue weighted by Gasteiger charge is -2.09. The molecular formula is C5H10FO2P. The van der Waals surface area contributed by atoms with Crippen molar-refractivity contribution in [3.05, 3.63) is 0 Å². The van der Waals surface area contributed by atoms with Gasteiger partial charge in [-0.3, -0.25) is 0 Å². The summed E-state index contributed by atoms with van der Waals surface area (Å²) < 4.78 is 22.1. The quantitative estimate of drug-likeness (QED) is 0.486. The zero-order chi connectivity index (χ0) is 7.07. The van der Waals surface area contributed by atoms with Crippen molar-refractivity contribution in [3.8, 4) is 0 Å². The van der Waals surface area contributed by atoms with Gasteiger partial charge in [-0.1, -0.05) is 0 Å². The van der Waals surface area contributed by atoms with Gasteiger partial charge in [0.15, 0.2) is 0 Å². The smallest absolute Gasteiger partial charge is 0.315 e. The molecule has 4 heteroatoms.